The predicted octanol–water partition coefficient (Wildman–Crippen LogP) is 0.165. The van der Waals surface area contributed by atoms with Crippen LogP contribution in [-0.4, -0.2) is 54.9 Å². The van der Waals surface area contributed by atoms with E-state index in [1.165, 1.54) is 0 Å². The number of hydrogen-bond acceptors (Lipinski definition) is 3. The van der Waals surface area contributed by atoms with Gasteiger partial charge in [-0.05, 0) is 25.8 Å². The van der Waals surface area contributed by atoms with E-state index >= 15 is 0 Å². The molecule has 0 aromatic carbocycles. The number of amides is 1. The van der Waals surface area contributed by atoms with Gasteiger partial charge in [0.2, 0.25) is 5.91 Å². The van der Waals surface area contributed by atoms with Crippen LogP contribution in [-0.2, 0) is 4.79 Å². The van der Waals surface area contributed by atoms with Crippen molar-refractivity contribution in [1.82, 2.24) is 10.2 Å². The lowest BCUT2D eigenvalue weighted by Gasteiger charge is -2.37. The first-order valence-corrected chi connectivity index (χ1v) is 6.46. The van der Waals surface area contributed by atoms with E-state index in [-0.39, 0.29) is 17.7 Å². The molecule has 2 aliphatic heterocycles. The molecule has 2 heterocycles. The molecule has 2 saturated heterocycles. The molecular weight excluding hydrogens is 223 g/mol. The summed E-state index contributed by atoms with van der Waals surface area (Å²) in [5, 5.41) is 12.9. The monoisotopic (exact) mass is 244 g/mol. The Balaban J connectivity index is 1.90. The average molecular weight is 244 g/mol. The van der Waals surface area contributed by atoms with Crippen LogP contribution in [0.15, 0.2) is 0 Å². The molecule has 0 radical (unpaired) electrons. The number of carbonyl (C=O) groups excluding carboxylic acids is 1. The number of carbonyl (C=O) groups is 1. The minimum absolute atomic E-state index is 0.0799. The largest absolute Gasteiger partial charge is 0.393 e. The molecule has 0 bridgehead atoms. The molecule has 0 aliphatic carbocycles. The molecule has 0 aromatic rings. The van der Waals surface area contributed by atoms with Gasteiger partial charge in [-0.1, -0.05) is 0 Å². The van der Waals surface area contributed by atoms with Crippen molar-refractivity contribution < 1.29 is 14.3 Å². The minimum Gasteiger partial charge on any atom is -0.393 e. The van der Waals surface area contributed by atoms with E-state index in [0.29, 0.717) is 25.9 Å². The Morgan fingerprint density at radius 1 is 1.47 bits per heavy atom. The Morgan fingerprint density at radius 3 is 2.94 bits per heavy atom. The number of nitrogens with zero attached hydrogens (tertiary/aromatic N) is 1. The van der Waals surface area contributed by atoms with Crippen molar-refractivity contribution in [3.63, 3.8) is 0 Å². The molecule has 2 aliphatic rings. The van der Waals surface area contributed by atoms with Crippen molar-refractivity contribution in [1.29, 1.82) is 0 Å². The molecule has 0 saturated carbocycles. The van der Waals surface area contributed by atoms with Crippen molar-refractivity contribution in [2.24, 2.45) is 11.8 Å². The van der Waals surface area contributed by atoms with Crippen LogP contribution < -0.4 is 5.32 Å². The summed E-state index contributed by atoms with van der Waals surface area (Å²) in [6.07, 6.45) is 1.38. The van der Waals surface area contributed by atoms with Crippen molar-refractivity contribution in [3.8, 4) is 0 Å². The molecule has 2 rings (SSSR count). The topological polar surface area (TPSA) is 52.6 Å². The summed E-state index contributed by atoms with van der Waals surface area (Å²) < 4.78 is 12.4. The first-order chi connectivity index (χ1) is 8.22. The second-order valence-electron chi connectivity index (χ2n) is 5.07. The van der Waals surface area contributed by atoms with Crippen LogP contribution >= 0.6 is 0 Å². The van der Waals surface area contributed by atoms with E-state index in [4.69, 9.17) is 0 Å². The molecule has 4 nitrogen and oxygen atoms in total. The molecular formula is C12H21FN2O2. The van der Waals surface area contributed by atoms with Gasteiger partial charge in [0, 0.05) is 25.6 Å². The zero-order valence-electron chi connectivity index (χ0n) is 10.1. The van der Waals surface area contributed by atoms with Gasteiger partial charge in [0.25, 0.3) is 0 Å². The fourth-order valence-corrected chi connectivity index (χ4v) is 2.77. The van der Waals surface area contributed by atoms with Gasteiger partial charge in [-0.15, -0.1) is 0 Å². The lowest BCUT2D eigenvalue weighted by molar-refractivity contribution is -0.138. The SMILES string of the molecule is O=C([C@@H]1CCNC1)N1CC[C@@H](O)[C@H](CCF)C1. The maximum absolute atomic E-state index is 12.4. The number of piperidine rings is 1. The summed E-state index contributed by atoms with van der Waals surface area (Å²) in [5.74, 6) is 0.161. The average Bonchev–Trinajstić information content (AvgIpc) is 2.85. The number of alkyl halides is 1. The van der Waals surface area contributed by atoms with E-state index in [0.717, 1.165) is 19.5 Å². The highest BCUT2D eigenvalue weighted by molar-refractivity contribution is 5.79. The smallest absolute Gasteiger partial charge is 0.227 e. The second-order valence-corrected chi connectivity index (χ2v) is 5.07. The Hall–Kier alpha value is -0.680. The summed E-state index contributed by atoms with van der Waals surface area (Å²) in [7, 11) is 0. The highest BCUT2D eigenvalue weighted by Gasteiger charge is 2.33. The summed E-state index contributed by atoms with van der Waals surface area (Å²) >= 11 is 0. The van der Waals surface area contributed by atoms with Crippen LogP contribution in [0, 0.1) is 11.8 Å². The van der Waals surface area contributed by atoms with Gasteiger partial charge in [-0.2, -0.15) is 0 Å². The molecule has 2 fully saturated rings. The number of likely N-dealkylation sites (tertiary alicyclic amines) is 1. The third kappa shape index (κ3) is 2.96. The fraction of sp³-hybridized carbons (Fsp3) is 0.917. The third-order valence-corrected chi connectivity index (χ3v) is 3.89. The Morgan fingerprint density at radius 2 is 2.29 bits per heavy atom. The number of aliphatic hydroxyl groups is 1. The Bertz CT molecular complexity index is 269. The van der Waals surface area contributed by atoms with Gasteiger partial charge in [-0.3, -0.25) is 9.18 Å². The summed E-state index contributed by atoms with van der Waals surface area (Å²) in [4.78, 5) is 14.0. The number of halogens is 1. The van der Waals surface area contributed by atoms with Crippen LogP contribution in [0.5, 0.6) is 0 Å². The van der Waals surface area contributed by atoms with Crippen LogP contribution in [0.1, 0.15) is 19.3 Å². The zero-order chi connectivity index (χ0) is 12.3. The molecule has 0 spiro atoms. The van der Waals surface area contributed by atoms with Gasteiger partial charge < -0.3 is 15.3 Å². The van der Waals surface area contributed by atoms with Crippen molar-refractivity contribution in [2.45, 2.75) is 25.4 Å². The quantitative estimate of drug-likeness (QED) is 0.744. The molecule has 98 valence electrons. The molecule has 0 unspecified atom stereocenters. The van der Waals surface area contributed by atoms with Crippen LogP contribution in [0.3, 0.4) is 0 Å². The Labute approximate surface area is 101 Å². The molecule has 5 heteroatoms. The molecule has 3 atom stereocenters. The molecule has 17 heavy (non-hydrogen) atoms. The van der Waals surface area contributed by atoms with Crippen molar-refractivity contribution in [3.05, 3.63) is 0 Å². The predicted molar refractivity (Wildman–Crippen MR) is 62.3 cm³/mol. The maximum atomic E-state index is 12.4. The first-order valence-electron chi connectivity index (χ1n) is 6.46. The lowest BCUT2D eigenvalue weighted by atomic mass is 9.91. The molecule has 0 aromatic heterocycles. The summed E-state index contributed by atoms with van der Waals surface area (Å²) in [6, 6.07) is 0. The molecule has 2 N–H and O–H groups in total. The van der Waals surface area contributed by atoms with Gasteiger partial charge in [0.1, 0.15) is 0 Å². The van der Waals surface area contributed by atoms with Gasteiger partial charge in [0.15, 0.2) is 0 Å². The highest BCUT2D eigenvalue weighted by Crippen LogP contribution is 2.23. The number of hydrogen-bond donors (Lipinski definition) is 2. The van der Waals surface area contributed by atoms with Gasteiger partial charge in [-0.25, -0.2) is 0 Å². The van der Waals surface area contributed by atoms with Crippen molar-refractivity contribution in [2.75, 3.05) is 32.9 Å². The minimum atomic E-state index is -0.448. The fourth-order valence-electron chi connectivity index (χ4n) is 2.77. The second kappa shape index (κ2) is 5.78. The Kier molecular flexibility index (Phi) is 4.34. The first kappa shape index (κ1) is 12.8. The van der Waals surface area contributed by atoms with E-state index in [1.54, 1.807) is 0 Å². The van der Waals surface area contributed by atoms with E-state index < -0.39 is 12.8 Å². The summed E-state index contributed by atoms with van der Waals surface area (Å²) in [6.45, 7) is 2.36. The van der Waals surface area contributed by atoms with Gasteiger partial charge >= 0.3 is 0 Å². The molecule has 1 amide bonds. The van der Waals surface area contributed by atoms with E-state index in [1.807, 2.05) is 4.90 Å². The summed E-state index contributed by atoms with van der Waals surface area (Å²) in [5.41, 5.74) is 0. The number of aliphatic hydroxyl groups excluding tert-OH is 1. The maximum Gasteiger partial charge on any atom is 0.227 e. The third-order valence-electron chi connectivity index (χ3n) is 3.89. The van der Waals surface area contributed by atoms with Crippen LogP contribution in [0.4, 0.5) is 4.39 Å². The van der Waals surface area contributed by atoms with Crippen LogP contribution in [0.2, 0.25) is 0 Å². The van der Waals surface area contributed by atoms with Gasteiger partial charge in [0.05, 0.1) is 18.7 Å². The zero-order valence-corrected chi connectivity index (χ0v) is 10.1. The van der Waals surface area contributed by atoms with Crippen LogP contribution in [0.25, 0.3) is 0 Å². The highest BCUT2D eigenvalue weighted by atomic mass is 19.1. The normalized spacial score (nSPS) is 34.0. The van der Waals surface area contributed by atoms with Crippen molar-refractivity contribution >= 4 is 5.91 Å². The number of nitrogens with one attached hydrogen (secondary N) is 1. The van der Waals surface area contributed by atoms with E-state index in [2.05, 4.69) is 5.32 Å². The number of rotatable bonds is 3. The standard InChI is InChI=1S/C12H21FN2O2/c13-4-1-10-8-15(6-3-11(10)16)12(17)9-2-5-14-7-9/h9-11,14,16H,1-8H2/t9-,10-,11-/m1/s1. The lowest BCUT2D eigenvalue weighted by Crippen LogP contribution is -2.48. The van der Waals surface area contributed by atoms with E-state index in [9.17, 15) is 14.3 Å².